The minimum atomic E-state index is 0. The molecule has 0 unspecified atom stereocenters. The van der Waals surface area contributed by atoms with E-state index in [1.165, 1.54) is 17.1 Å². The first-order valence-electron chi connectivity index (χ1n) is 7.36. The van der Waals surface area contributed by atoms with Crippen molar-refractivity contribution >= 4 is 23.1 Å². The van der Waals surface area contributed by atoms with Crippen molar-refractivity contribution in [1.82, 2.24) is 0 Å². The highest BCUT2D eigenvalue weighted by Crippen LogP contribution is 2.25. The van der Waals surface area contributed by atoms with Gasteiger partial charge in [-0.25, -0.2) is 4.57 Å². The first-order chi connectivity index (χ1) is 10.1. The minimum absolute atomic E-state index is 0. The van der Waals surface area contributed by atoms with Crippen LogP contribution in [0.2, 0.25) is 5.02 Å². The molecule has 22 heavy (non-hydrogen) atoms. The van der Waals surface area contributed by atoms with Gasteiger partial charge in [-0.15, -0.1) is 0 Å². The second-order valence-electron chi connectivity index (χ2n) is 5.57. The topological polar surface area (TPSA) is 10.4 Å². The molecule has 0 saturated carbocycles. The fourth-order valence-corrected chi connectivity index (χ4v) is 3.11. The highest BCUT2D eigenvalue weighted by Gasteiger charge is 2.25. The van der Waals surface area contributed by atoms with Gasteiger partial charge in [0.2, 0.25) is 0 Å². The quantitative estimate of drug-likeness (QED) is 0.484. The molecule has 3 nitrogen and oxygen atoms in total. The summed E-state index contributed by atoms with van der Waals surface area (Å²) in [5.74, 6) is 1.28. The molecule has 118 valence electrons. The van der Waals surface area contributed by atoms with E-state index in [9.17, 15) is 0 Å². The monoisotopic (exact) mass is 429 g/mol. The molecule has 1 saturated heterocycles. The largest absolute Gasteiger partial charge is 1.00 e. The van der Waals surface area contributed by atoms with Crippen molar-refractivity contribution in [3.8, 4) is 0 Å². The molecule has 0 bridgehead atoms. The summed E-state index contributed by atoms with van der Waals surface area (Å²) >= 11 is 6.14. The molecule has 0 radical (unpaired) electrons. The van der Waals surface area contributed by atoms with Gasteiger partial charge in [-0.2, -0.15) is 0 Å². The highest BCUT2D eigenvalue weighted by molar-refractivity contribution is 6.30. The normalized spacial score (nSPS) is 14.7. The Morgan fingerprint density at radius 1 is 1.00 bits per heavy atom. The van der Waals surface area contributed by atoms with Gasteiger partial charge in [0.05, 0.1) is 26.3 Å². The number of rotatable bonds is 2. The maximum absolute atomic E-state index is 6.14. The van der Waals surface area contributed by atoms with Crippen LogP contribution < -0.4 is 38.3 Å². The van der Waals surface area contributed by atoms with E-state index in [0.29, 0.717) is 0 Å². The number of benzene rings is 1. The minimum Gasteiger partial charge on any atom is -1.00 e. The molecule has 0 aliphatic carbocycles. The van der Waals surface area contributed by atoms with E-state index in [0.717, 1.165) is 31.2 Å². The molecular weight excluding hydrogens is 409 g/mol. The second-order valence-corrected chi connectivity index (χ2v) is 6.01. The van der Waals surface area contributed by atoms with Crippen LogP contribution in [0.4, 0.5) is 11.5 Å². The SMILES string of the molecule is Cc1ccc(Cl)cc1N1CCN(c2cccc[n+]2C)CC1.[I-]. The van der Waals surface area contributed by atoms with Crippen LogP contribution in [0.3, 0.4) is 0 Å². The van der Waals surface area contributed by atoms with Crippen LogP contribution >= 0.6 is 11.6 Å². The van der Waals surface area contributed by atoms with Crippen molar-refractivity contribution < 1.29 is 28.5 Å². The van der Waals surface area contributed by atoms with E-state index in [1.54, 1.807) is 0 Å². The zero-order valence-electron chi connectivity index (χ0n) is 13.0. The van der Waals surface area contributed by atoms with Crippen LogP contribution in [0.5, 0.6) is 0 Å². The number of piperazine rings is 1. The number of aromatic nitrogens is 1. The van der Waals surface area contributed by atoms with E-state index in [2.05, 4.69) is 64.9 Å². The molecule has 1 aliphatic heterocycles. The number of pyridine rings is 1. The number of halogens is 2. The zero-order chi connectivity index (χ0) is 14.8. The lowest BCUT2D eigenvalue weighted by Gasteiger charge is -2.34. The van der Waals surface area contributed by atoms with E-state index < -0.39 is 0 Å². The van der Waals surface area contributed by atoms with Gasteiger partial charge in [-0.05, 0) is 30.7 Å². The van der Waals surface area contributed by atoms with Gasteiger partial charge >= 0.3 is 0 Å². The average molecular weight is 430 g/mol. The smallest absolute Gasteiger partial charge is 0.276 e. The van der Waals surface area contributed by atoms with Gasteiger partial charge < -0.3 is 28.9 Å². The van der Waals surface area contributed by atoms with Crippen molar-refractivity contribution in [2.24, 2.45) is 7.05 Å². The van der Waals surface area contributed by atoms with Gasteiger partial charge in [-0.1, -0.05) is 23.7 Å². The predicted octanol–water partition coefficient (Wildman–Crippen LogP) is -0.196. The molecular formula is C17H21ClIN3. The Labute approximate surface area is 154 Å². The third-order valence-corrected chi connectivity index (χ3v) is 4.38. The number of aryl methyl sites for hydroxylation is 2. The first kappa shape index (κ1) is 17.3. The van der Waals surface area contributed by atoms with Crippen molar-refractivity contribution in [2.75, 3.05) is 36.0 Å². The molecule has 0 amide bonds. The van der Waals surface area contributed by atoms with Crippen molar-refractivity contribution in [3.05, 3.63) is 53.2 Å². The molecule has 0 spiro atoms. The predicted molar refractivity (Wildman–Crippen MR) is 88.2 cm³/mol. The second kappa shape index (κ2) is 7.51. The first-order valence-corrected chi connectivity index (χ1v) is 7.73. The number of hydrogen-bond acceptors (Lipinski definition) is 2. The Kier molecular flexibility index (Phi) is 5.92. The van der Waals surface area contributed by atoms with Crippen LogP contribution in [0.25, 0.3) is 0 Å². The molecule has 1 aromatic heterocycles. The molecule has 1 aliphatic rings. The molecule has 1 fully saturated rings. The van der Waals surface area contributed by atoms with Crippen molar-refractivity contribution in [1.29, 1.82) is 0 Å². The molecule has 2 heterocycles. The van der Waals surface area contributed by atoms with Crippen LogP contribution in [0.1, 0.15) is 5.56 Å². The summed E-state index contributed by atoms with van der Waals surface area (Å²) < 4.78 is 2.18. The van der Waals surface area contributed by atoms with Gasteiger partial charge in [0, 0.05) is 16.8 Å². The number of hydrogen-bond donors (Lipinski definition) is 0. The summed E-state index contributed by atoms with van der Waals surface area (Å²) in [5.41, 5.74) is 2.55. The molecule has 1 aromatic carbocycles. The Bertz CT molecular complexity index is 640. The summed E-state index contributed by atoms with van der Waals surface area (Å²) in [5, 5.41) is 0.812. The standard InChI is InChI=1S/C17H21ClN3.HI/c1-14-6-7-15(18)13-16(14)20-9-11-21(12-10-20)17-5-3-4-8-19(17)2;/h3-8,13H,9-12H2,1-2H3;1H/q+1;/p-1. The fourth-order valence-electron chi connectivity index (χ4n) is 2.94. The van der Waals surface area contributed by atoms with E-state index in [1.807, 2.05) is 6.07 Å². The lowest BCUT2D eigenvalue weighted by atomic mass is 10.1. The fraction of sp³-hybridized carbons (Fsp3) is 0.353. The van der Waals surface area contributed by atoms with Gasteiger partial charge in [0.1, 0.15) is 13.1 Å². The Balaban J connectivity index is 0.00000176. The van der Waals surface area contributed by atoms with E-state index >= 15 is 0 Å². The number of anilines is 2. The van der Waals surface area contributed by atoms with Gasteiger partial charge in [0.15, 0.2) is 0 Å². The van der Waals surface area contributed by atoms with E-state index in [-0.39, 0.29) is 24.0 Å². The van der Waals surface area contributed by atoms with Gasteiger partial charge in [-0.3, -0.25) is 4.90 Å². The van der Waals surface area contributed by atoms with Crippen LogP contribution in [-0.2, 0) is 7.05 Å². The Morgan fingerprint density at radius 2 is 1.68 bits per heavy atom. The van der Waals surface area contributed by atoms with Crippen molar-refractivity contribution in [2.45, 2.75) is 6.92 Å². The summed E-state index contributed by atoms with van der Waals surface area (Å²) in [6.45, 7) is 6.26. The van der Waals surface area contributed by atoms with Crippen molar-refractivity contribution in [3.63, 3.8) is 0 Å². The summed E-state index contributed by atoms with van der Waals surface area (Å²) in [6.07, 6.45) is 2.10. The third kappa shape index (κ3) is 3.66. The lowest BCUT2D eigenvalue weighted by Crippen LogP contribution is -3.00. The third-order valence-electron chi connectivity index (χ3n) is 4.14. The zero-order valence-corrected chi connectivity index (χ0v) is 15.9. The summed E-state index contributed by atoms with van der Waals surface area (Å²) in [6, 6.07) is 12.5. The summed E-state index contributed by atoms with van der Waals surface area (Å²) in [7, 11) is 2.10. The average Bonchev–Trinajstić information content (AvgIpc) is 2.50. The Hall–Kier alpha value is -1.01. The lowest BCUT2D eigenvalue weighted by molar-refractivity contribution is -0.659. The highest BCUT2D eigenvalue weighted by atomic mass is 127. The van der Waals surface area contributed by atoms with Gasteiger partial charge in [0.25, 0.3) is 5.82 Å². The molecule has 5 heteroatoms. The molecule has 0 N–H and O–H groups in total. The van der Waals surface area contributed by atoms with Crippen LogP contribution in [-0.4, -0.2) is 26.2 Å². The van der Waals surface area contributed by atoms with E-state index in [4.69, 9.17) is 11.6 Å². The maximum atomic E-state index is 6.14. The maximum Gasteiger partial charge on any atom is 0.276 e. The summed E-state index contributed by atoms with van der Waals surface area (Å²) in [4.78, 5) is 4.87. The molecule has 2 aromatic rings. The van der Waals surface area contributed by atoms with Crippen LogP contribution in [0, 0.1) is 6.92 Å². The van der Waals surface area contributed by atoms with Crippen LogP contribution in [0.15, 0.2) is 42.6 Å². The number of nitrogens with zero attached hydrogens (tertiary/aromatic N) is 3. The molecule has 3 rings (SSSR count). The Morgan fingerprint density at radius 3 is 2.36 bits per heavy atom. The molecule has 0 atom stereocenters.